The molecule has 0 amide bonds. The molecule has 0 saturated heterocycles. The lowest BCUT2D eigenvalue weighted by Crippen LogP contribution is -2.27. The van der Waals surface area contributed by atoms with Gasteiger partial charge in [-0.2, -0.15) is 0 Å². The van der Waals surface area contributed by atoms with Gasteiger partial charge in [-0.1, -0.05) is 27.7 Å². The van der Waals surface area contributed by atoms with Crippen LogP contribution in [0.15, 0.2) is 0 Å². The van der Waals surface area contributed by atoms with Crippen LogP contribution in [0.3, 0.4) is 0 Å². The first kappa shape index (κ1) is 12.5. The summed E-state index contributed by atoms with van der Waals surface area (Å²) in [7, 11) is 0. The van der Waals surface area contributed by atoms with Crippen molar-refractivity contribution in [3.8, 4) is 0 Å². The lowest BCUT2D eigenvalue weighted by Gasteiger charge is -2.22. The maximum atomic E-state index is 4.77. The fourth-order valence-electron chi connectivity index (χ4n) is 2.36. The zero-order valence-electron chi connectivity index (χ0n) is 11.4. The van der Waals surface area contributed by atoms with E-state index < -0.39 is 0 Å². The average Bonchev–Trinajstić information content (AvgIpc) is 2.27. The number of fused-ring (bicyclic) bond motifs is 1. The van der Waals surface area contributed by atoms with Gasteiger partial charge in [-0.15, -0.1) is 0 Å². The Morgan fingerprint density at radius 3 is 2.59 bits per heavy atom. The van der Waals surface area contributed by atoms with Gasteiger partial charge in [0.2, 0.25) is 0 Å². The van der Waals surface area contributed by atoms with Gasteiger partial charge in [-0.05, 0) is 11.8 Å². The molecule has 1 aliphatic rings. The number of hydrogen-bond donors (Lipinski definition) is 1. The summed E-state index contributed by atoms with van der Waals surface area (Å²) < 4.78 is 0. The first-order chi connectivity index (χ1) is 8.08. The van der Waals surface area contributed by atoms with Crippen molar-refractivity contribution in [1.29, 1.82) is 0 Å². The van der Waals surface area contributed by atoms with Crippen LogP contribution >= 0.6 is 0 Å². The Morgan fingerprint density at radius 1 is 1.18 bits per heavy atom. The van der Waals surface area contributed by atoms with E-state index in [1.165, 1.54) is 17.0 Å². The number of hydrogen-bond acceptors (Lipinski definition) is 3. The van der Waals surface area contributed by atoms with Crippen LogP contribution in [0.5, 0.6) is 0 Å². The molecule has 2 heterocycles. The highest BCUT2D eigenvalue weighted by atomic mass is 15.0. The summed E-state index contributed by atoms with van der Waals surface area (Å²) in [5.41, 5.74) is 3.87. The summed E-state index contributed by atoms with van der Waals surface area (Å²) in [6, 6.07) is 0. The van der Waals surface area contributed by atoms with E-state index in [-0.39, 0.29) is 0 Å². The van der Waals surface area contributed by atoms with Crippen molar-refractivity contribution >= 4 is 0 Å². The van der Waals surface area contributed by atoms with Crippen LogP contribution in [0.2, 0.25) is 0 Å². The summed E-state index contributed by atoms with van der Waals surface area (Å²) in [6.07, 6.45) is 2.03. The van der Waals surface area contributed by atoms with Crippen molar-refractivity contribution in [3.05, 3.63) is 22.8 Å². The molecule has 3 heteroatoms. The molecule has 1 aromatic rings. The Hall–Kier alpha value is -0.960. The zero-order chi connectivity index (χ0) is 12.4. The molecular weight excluding hydrogens is 210 g/mol. The SMILES string of the molecule is CC(C)Cc1nc2c(c(C(C)C)n1)CNCC2. The predicted molar refractivity (Wildman–Crippen MR) is 70.1 cm³/mol. The Labute approximate surface area is 104 Å². The highest BCUT2D eigenvalue weighted by molar-refractivity contribution is 5.30. The number of nitrogens with zero attached hydrogens (tertiary/aromatic N) is 2. The van der Waals surface area contributed by atoms with E-state index in [0.717, 1.165) is 31.8 Å². The lowest BCUT2D eigenvalue weighted by molar-refractivity contribution is 0.575. The van der Waals surface area contributed by atoms with Gasteiger partial charge < -0.3 is 5.32 Å². The maximum absolute atomic E-state index is 4.77. The van der Waals surface area contributed by atoms with Crippen LogP contribution < -0.4 is 5.32 Å². The normalized spacial score (nSPS) is 15.4. The summed E-state index contributed by atoms with van der Waals surface area (Å²) in [5.74, 6) is 2.14. The van der Waals surface area contributed by atoms with Gasteiger partial charge in [0.15, 0.2) is 0 Å². The maximum Gasteiger partial charge on any atom is 0.129 e. The second-order valence-electron chi connectivity index (χ2n) is 5.63. The van der Waals surface area contributed by atoms with E-state index >= 15 is 0 Å². The van der Waals surface area contributed by atoms with Crippen LogP contribution in [-0.4, -0.2) is 16.5 Å². The lowest BCUT2D eigenvalue weighted by atomic mass is 9.98. The minimum atomic E-state index is 0.484. The van der Waals surface area contributed by atoms with Crippen molar-refractivity contribution in [2.45, 2.75) is 53.0 Å². The molecule has 1 N–H and O–H groups in total. The smallest absolute Gasteiger partial charge is 0.129 e. The molecule has 0 atom stereocenters. The largest absolute Gasteiger partial charge is 0.312 e. The van der Waals surface area contributed by atoms with Crippen LogP contribution in [0.25, 0.3) is 0 Å². The highest BCUT2D eigenvalue weighted by Crippen LogP contribution is 2.23. The molecule has 0 aromatic carbocycles. The quantitative estimate of drug-likeness (QED) is 0.871. The van der Waals surface area contributed by atoms with Crippen molar-refractivity contribution < 1.29 is 0 Å². The van der Waals surface area contributed by atoms with Crippen molar-refractivity contribution in [3.63, 3.8) is 0 Å². The van der Waals surface area contributed by atoms with Gasteiger partial charge in [0.05, 0.1) is 11.4 Å². The Balaban J connectivity index is 2.41. The summed E-state index contributed by atoms with van der Waals surface area (Å²) in [6.45, 7) is 10.9. The molecule has 94 valence electrons. The van der Waals surface area contributed by atoms with Gasteiger partial charge in [0, 0.05) is 31.5 Å². The molecule has 0 radical (unpaired) electrons. The molecule has 0 unspecified atom stereocenters. The third-order valence-electron chi connectivity index (χ3n) is 3.15. The summed E-state index contributed by atoms with van der Waals surface area (Å²) in [4.78, 5) is 9.52. The van der Waals surface area contributed by atoms with E-state index in [0.29, 0.717) is 11.8 Å². The van der Waals surface area contributed by atoms with Gasteiger partial charge in [0.1, 0.15) is 5.82 Å². The van der Waals surface area contributed by atoms with Gasteiger partial charge in [-0.25, -0.2) is 9.97 Å². The minimum Gasteiger partial charge on any atom is -0.312 e. The van der Waals surface area contributed by atoms with Crippen LogP contribution in [-0.2, 0) is 19.4 Å². The molecule has 0 aliphatic carbocycles. The number of aromatic nitrogens is 2. The Bertz CT molecular complexity index is 397. The van der Waals surface area contributed by atoms with Crippen molar-refractivity contribution in [2.24, 2.45) is 5.92 Å². The molecule has 0 fully saturated rings. The van der Waals surface area contributed by atoms with Gasteiger partial charge in [0.25, 0.3) is 0 Å². The average molecular weight is 233 g/mol. The standard InChI is InChI=1S/C14H23N3/c1-9(2)7-13-16-12-5-6-15-8-11(12)14(17-13)10(3)4/h9-10,15H,5-8H2,1-4H3. The Kier molecular flexibility index (Phi) is 3.77. The topological polar surface area (TPSA) is 37.8 Å². The van der Waals surface area contributed by atoms with Crippen molar-refractivity contribution in [2.75, 3.05) is 6.54 Å². The number of rotatable bonds is 3. The molecule has 3 nitrogen and oxygen atoms in total. The highest BCUT2D eigenvalue weighted by Gasteiger charge is 2.19. The van der Waals surface area contributed by atoms with E-state index in [4.69, 9.17) is 9.97 Å². The van der Waals surface area contributed by atoms with Crippen LogP contribution in [0, 0.1) is 5.92 Å². The Morgan fingerprint density at radius 2 is 1.94 bits per heavy atom. The molecule has 0 saturated carbocycles. The van der Waals surface area contributed by atoms with E-state index in [1.807, 2.05) is 0 Å². The third kappa shape index (κ3) is 2.83. The molecular formula is C14H23N3. The van der Waals surface area contributed by atoms with Gasteiger partial charge >= 0.3 is 0 Å². The minimum absolute atomic E-state index is 0.484. The molecule has 1 aromatic heterocycles. The van der Waals surface area contributed by atoms with Crippen LogP contribution in [0.4, 0.5) is 0 Å². The van der Waals surface area contributed by atoms with E-state index in [1.54, 1.807) is 0 Å². The third-order valence-corrected chi connectivity index (χ3v) is 3.15. The molecule has 1 aliphatic heterocycles. The number of nitrogens with one attached hydrogen (secondary N) is 1. The summed E-state index contributed by atoms with van der Waals surface area (Å²) >= 11 is 0. The predicted octanol–water partition coefficient (Wildman–Crippen LogP) is 2.44. The van der Waals surface area contributed by atoms with E-state index in [9.17, 15) is 0 Å². The molecule has 0 spiro atoms. The monoisotopic (exact) mass is 233 g/mol. The fourth-order valence-corrected chi connectivity index (χ4v) is 2.36. The van der Waals surface area contributed by atoms with Gasteiger partial charge in [-0.3, -0.25) is 0 Å². The van der Waals surface area contributed by atoms with Crippen LogP contribution in [0.1, 0.15) is 56.4 Å². The molecule has 2 rings (SSSR count). The fraction of sp³-hybridized carbons (Fsp3) is 0.714. The summed E-state index contributed by atoms with van der Waals surface area (Å²) in [5, 5.41) is 3.42. The first-order valence-electron chi connectivity index (χ1n) is 6.67. The molecule has 0 bridgehead atoms. The first-order valence-corrected chi connectivity index (χ1v) is 6.67. The molecule has 17 heavy (non-hydrogen) atoms. The second kappa shape index (κ2) is 5.13. The second-order valence-corrected chi connectivity index (χ2v) is 5.63. The van der Waals surface area contributed by atoms with E-state index in [2.05, 4.69) is 33.0 Å². The zero-order valence-corrected chi connectivity index (χ0v) is 11.4. The van der Waals surface area contributed by atoms with Crippen molar-refractivity contribution in [1.82, 2.24) is 15.3 Å².